The van der Waals surface area contributed by atoms with Gasteiger partial charge in [0.1, 0.15) is 5.41 Å². The zero-order valence-electron chi connectivity index (χ0n) is 7.69. The molecule has 1 aliphatic rings. The number of rotatable bonds is 3. The highest BCUT2D eigenvalue weighted by Gasteiger charge is 2.47. The summed E-state index contributed by atoms with van der Waals surface area (Å²) in [4.78, 5) is 0. The molecule has 0 N–H and O–H groups in total. The summed E-state index contributed by atoms with van der Waals surface area (Å²) in [5, 5.41) is 16.8. The van der Waals surface area contributed by atoms with E-state index in [0.29, 0.717) is 0 Å². The van der Waals surface area contributed by atoms with Gasteiger partial charge in [0.2, 0.25) is 0 Å². The van der Waals surface area contributed by atoms with Crippen LogP contribution in [-0.2, 0) is 12.0 Å². The third-order valence-corrected chi connectivity index (χ3v) is 2.51. The number of hydrogen-bond donors (Lipinski definition) is 0. The van der Waals surface area contributed by atoms with Crippen LogP contribution in [0.2, 0.25) is 0 Å². The molecular weight excluding hydrogens is 164 g/mol. The molecule has 0 amide bonds. The molecule has 1 heterocycles. The van der Waals surface area contributed by atoms with Crippen molar-refractivity contribution >= 4 is 0 Å². The first-order valence-electron chi connectivity index (χ1n) is 4.62. The Labute approximate surface area is 77.2 Å². The molecule has 2 rings (SSSR count). The van der Waals surface area contributed by atoms with Gasteiger partial charge in [-0.1, -0.05) is 12.1 Å². The molecule has 1 saturated carbocycles. The molecule has 0 radical (unpaired) electrons. The molecule has 0 spiro atoms. The van der Waals surface area contributed by atoms with Crippen LogP contribution in [0, 0.1) is 11.3 Å². The normalized spacial score (nSPS) is 18.2. The Morgan fingerprint density at radius 1 is 1.69 bits per heavy atom. The van der Waals surface area contributed by atoms with Crippen molar-refractivity contribution in [2.24, 2.45) is 0 Å². The van der Waals surface area contributed by atoms with Crippen molar-refractivity contribution in [1.29, 1.82) is 5.26 Å². The Hall–Kier alpha value is -1.37. The van der Waals surface area contributed by atoms with Gasteiger partial charge in [-0.3, -0.25) is 0 Å². The maximum absolute atomic E-state index is 9.00. The second-order valence-corrected chi connectivity index (χ2v) is 3.54. The molecule has 0 saturated heterocycles. The van der Waals surface area contributed by atoms with E-state index >= 15 is 0 Å². The van der Waals surface area contributed by atoms with E-state index < -0.39 is 0 Å². The highest BCUT2D eigenvalue weighted by molar-refractivity contribution is 5.32. The van der Waals surface area contributed by atoms with Crippen LogP contribution in [0.15, 0.2) is 6.20 Å². The lowest BCUT2D eigenvalue weighted by Crippen LogP contribution is -2.12. The second-order valence-electron chi connectivity index (χ2n) is 3.54. The molecule has 0 aromatic carbocycles. The zero-order chi connectivity index (χ0) is 9.31. The van der Waals surface area contributed by atoms with Crippen LogP contribution in [0.5, 0.6) is 0 Å². The molecule has 13 heavy (non-hydrogen) atoms. The summed E-state index contributed by atoms with van der Waals surface area (Å²) < 4.78 is 1.86. The first-order chi connectivity index (χ1) is 6.32. The van der Waals surface area contributed by atoms with Gasteiger partial charge in [-0.15, -0.1) is 5.10 Å². The summed E-state index contributed by atoms with van der Waals surface area (Å²) in [6, 6.07) is 2.35. The molecule has 1 fully saturated rings. The predicted octanol–water partition coefficient (Wildman–Crippen LogP) is 1.24. The fourth-order valence-electron chi connectivity index (χ4n) is 1.56. The molecule has 68 valence electrons. The van der Waals surface area contributed by atoms with Gasteiger partial charge >= 0.3 is 0 Å². The van der Waals surface area contributed by atoms with E-state index in [4.69, 9.17) is 5.26 Å². The summed E-state index contributed by atoms with van der Waals surface area (Å²) >= 11 is 0. The van der Waals surface area contributed by atoms with E-state index in [1.807, 2.05) is 4.68 Å². The molecule has 0 bridgehead atoms. The standard InChI is InChI=1S/C9H12N4/c1-2-5-13-8(6-11-12-13)9(7-10)3-4-9/h6H,2-5H2,1H3. The van der Waals surface area contributed by atoms with E-state index in [-0.39, 0.29) is 5.41 Å². The fourth-order valence-corrected chi connectivity index (χ4v) is 1.56. The molecule has 1 aromatic rings. The minimum Gasteiger partial charge on any atom is -0.248 e. The average Bonchev–Trinajstić information content (AvgIpc) is 2.82. The lowest BCUT2D eigenvalue weighted by molar-refractivity contribution is 0.542. The number of nitriles is 1. The number of aromatic nitrogens is 3. The Bertz CT molecular complexity index is 343. The van der Waals surface area contributed by atoms with Crippen molar-refractivity contribution in [3.05, 3.63) is 11.9 Å². The number of nitrogens with zero attached hydrogens (tertiary/aromatic N) is 4. The fraction of sp³-hybridized carbons (Fsp3) is 0.667. The van der Waals surface area contributed by atoms with Gasteiger partial charge in [0.05, 0.1) is 18.0 Å². The molecule has 4 heteroatoms. The lowest BCUT2D eigenvalue weighted by atomic mass is 10.1. The summed E-state index contributed by atoms with van der Waals surface area (Å²) in [5.74, 6) is 0. The van der Waals surface area contributed by atoms with Crippen LogP contribution in [0.4, 0.5) is 0 Å². The van der Waals surface area contributed by atoms with Gasteiger partial charge in [-0.05, 0) is 19.3 Å². The SMILES string of the molecule is CCCn1nncc1C1(C#N)CC1. The largest absolute Gasteiger partial charge is 0.248 e. The van der Waals surface area contributed by atoms with Crippen LogP contribution in [-0.4, -0.2) is 15.0 Å². The van der Waals surface area contributed by atoms with Crippen molar-refractivity contribution in [2.75, 3.05) is 0 Å². The van der Waals surface area contributed by atoms with Gasteiger partial charge in [-0.25, -0.2) is 4.68 Å². The van der Waals surface area contributed by atoms with Crippen LogP contribution in [0.25, 0.3) is 0 Å². The van der Waals surface area contributed by atoms with Crippen LogP contribution in [0.1, 0.15) is 31.9 Å². The van der Waals surface area contributed by atoms with E-state index in [1.165, 1.54) is 0 Å². The molecular formula is C9H12N4. The quantitative estimate of drug-likeness (QED) is 0.696. The topological polar surface area (TPSA) is 54.5 Å². The van der Waals surface area contributed by atoms with E-state index in [1.54, 1.807) is 6.20 Å². The Morgan fingerprint density at radius 3 is 3.00 bits per heavy atom. The molecule has 0 atom stereocenters. The van der Waals surface area contributed by atoms with E-state index in [0.717, 1.165) is 31.5 Å². The summed E-state index contributed by atoms with van der Waals surface area (Å²) in [7, 11) is 0. The number of hydrogen-bond acceptors (Lipinski definition) is 3. The molecule has 1 aromatic heterocycles. The van der Waals surface area contributed by atoms with Crippen LogP contribution in [0.3, 0.4) is 0 Å². The second kappa shape index (κ2) is 2.84. The minimum absolute atomic E-state index is 0.251. The maximum Gasteiger partial charge on any atom is 0.101 e. The monoisotopic (exact) mass is 176 g/mol. The highest BCUT2D eigenvalue weighted by atomic mass is 15.4. The molecule has 1 aliphatic carbocycles. The van der Waals surface area contributed by atoms with Crippen molar-refractivity contribution in [3.63, 3.8) is 0 Å². The zero-order valence-corrected chi connectivity index (χ0v) is 7.69. The molecule has 0 unspecified atom stereocenters. The molecule has 0 aliphatic heterocycles. The summed E-state index contributed by atoms with van der Waals surface area (Å²) in [5.41, 5.74) is 0.746. The van der Waals surface area contributed by atoms with E-state index in [2.05, 4.69) is 23.3 Å². The smallest absolute Gasteiger partial charge is 0.101 e. The Balaban J connectivity index is 2.30. The average molecular weight is 176 g/mol. The maximum atomic E-state index is 9.00. The van der Waals surface area contributed by atoms with Crippen molar-refractivity contribution < 1.29 is 0 Å². The van der Waals surface area contributed by atoms with Gasteiger partial charge in [0, 0.05) is 6.54 Å². The van der Waals surface area contributed by atoms with Gasteiger partial charge in [-0.2, -0.15) is 5.26 Å². The third kappa shape index (κ3) is 1.21. The lowest BCUT2D eigenvalue weighted by Gasteiger charge is -2.07. The third-order valence-electron chi connectivity index (χ3n) is 2.51. The van der Waals surface area contributed by atoms with Crippen LogP contribution < -0.4 is 0 Å². The van der Waals surface area contributed by atoms with Gasteiger partial charge < -0.3 is 0 Å². The first-order valence-corrected chi connectivity index (χ1v) is 4.62. The molecule has 4 nitrogen and oxygen atoms in total. The Morgan fingerprint density at radius 2 is 2.46 bits per heavy atom. The number of aryl methyl sites for hydroxylation is 1. The van der Waals surface area contributed by atoms with Crippen molar-refractivity contribution in [3.8, 4) is 6.07 Å². The van der Waals surface area contributed by atoms with E-state index in [9.17, 15) is 0 Å². The minimum atomic E-state index is -0.251. The first kappa shape index (κ1) is 8.24. The van der Waals surface area contributed by atoms with Crippen molar-refractivity contribution in [1.82, 2.24) is 15.0 Å². The highest BCUT2D eigenvalue weighted by Crippen LogP contribution is 2.47. The predicted molar refractivity (Wildman–Crippen MR) is 46.8 cm³/mol. The Kier molecular flexibility index (Phi) is 1.80. The van der Waals surface area contributed by atoms with Crippen LogP contribution >= 0.6 is 0 Å². The summed E-state index contributed by atoms with van der Waals surface area (Å²) in [6.45, 7) is 2.95. The summed E-state index contributed by atoms with van der Waals surface area (Å²) in [6.07, 6.45) is 4.67. The van der Waals surface area contributed by atoms with Gasteiger partial charge in [0.15, 0.2) is 0 Å². The van der Waals surface area contributed by atoms with Gasteiger partial charge in [0.25, 0.3) is 0 Å². The van der Waals surface area contributed by atoms with Crippen molar-refractivity contribution in [2.45, 2.75) is 38.1 Å².